The lowest BCUT2D eigenvalue weighted by molar-refractivity contribution is -0.138. The van der Waals surface area contributed by atoms with E-state index in [9.17, 15) is 57.0 Å². The fourth-order valence-corrected chi connectivity index (χ4v) is 11.6. The van der Waals surface area contributed by atoms with Gasteiger partial charge in [0.25, 0.3) is 11.1 Å². The molecule has 0 N–H and O–H groups in total. The number of rotatable bonds is 26. The molecule has 96 heavy (non-hydrogen) atoms. The molecule has 1 atom stereocenters. The summed E-state index contributed by atoms with van der Waals surface area (Å²) in [4.78, 5) is 66.0. The summed E-state index contributed by atoms with van der Waals surface area (Å²) >= 11 is 1.45. The van der Waals surface area contributed by atoms with Crippen LogP contribution in [0, 0.1) is 24.5 Å². The molecule has 0 spiro atoms. The number of hydrogen-bond donors (Lipinski definition) is 0. The van der Waals surface area contributed by atoms with Crippen LogP contribution in [0.2, 0.25) is 0 Å². The van der Waals surface area contributed by atoms with E-state index in [0.29, 0.717) is 68.4 Å². The van der Waals surface area contributed by atoms with Gasteiger partial charge in [-0.2, -0.15) is 36.3 Å². The van der Waals surface area contributed by atoms with Crippen LogP contribution in [0.15, 0.2) is 159 Å². The van der Waals surface area contributed by atoms with Gasteiger partial charge in [0, 0.05) is 90.9 Å². The molecule has 2 aliphatic carbocycles. The highest BCUT2D eigenvalue weighted by molar-refractivity contribution is 7.98. The average Bonchev–Trinajstić information content (AvgIpc) is 1.52. The van der Waals surface area contributed by atoms with Gasteiger partial charge in [-0.15, -0.1) is 0 Å². The number of alkyl halides is 6. The maximum absolute atomic E-state index is 15.0. The van der Waals surface area contributed by atoms with Crippen molar-refractivity contribution in [1.82, 2.24) is 38.7 Å². The molecule has 0 radical (unpaired) electrons. The lowest BCUT2D eigenvalue weighted by Gasteiger charge is -2.28. The lowest BCUT2D eigenvalue weighted by atomic mass is 9.98. The van der Waals surface area contributed by atoms with Crippen molar-refractivity contribution in [2.75, 3.05) is 52.1 Å². The average molecular weight is 1390 g/mol. The van der Waals surface area contributed by atoms with Gasteiger partial charge in [-0.3, -0.25) is 19.2 Å². The number of fused-ring (bicyclic) bond motifs is 2. The van der Waals surface area contributed by atoms with Crippen molar-refractivity contribution in [3.8, 4) is 22.3 Å². The molecule has 0 aliphatic heterocycles. The molecule has 0 saturated carbocycles. The van der Waals surface area contributed by atoms with E-state index in [1.54, 1.807) is 12.1 Å². The Morgan fingerprint density at radius 3 is 1.70 bits per heavy atom. The summed E-state index contributed by atoms with van der Waals surface area (Å²) in [5.41, 5.74) is -6.89. The third-order valence-electron chi connectivity index (χ3n) is 14.7. The molecular formula is C74H80F8N8O4S2. The molecule has 6 aromatic carbocycles. The largest absolute Gasteiger partial charge is 0.416 e. The van der Waals surface area contributed by atoms with Gasteiger partial charge in [0.1, 0.15) is 24.7 Å². The summed E-state index contributed by atoms with van der Waals surface area (Å²) in [5.74, 6) is -7.80. The summed E-state index contributed by atoms with van der Waals surface area (Å²) in [6, 6.07) is 6.67. The highest BCUT2D eigenvalue weighted by atomic mass is 32.2. The zero-order valence-electron chi connectivity index (χ0n) is 79.3. The highest BCUT2D eigenvalue weighted by Gasteiger charge is 2.34. The number of thioether (sulfide) groups is 2. The van der Waals surface area contributed by atoms with Crippen LogP contribution in [0.1, 0.15) is 140 Å². The van der Waals surface area contributed by atoms with Gasteiger partial charge in [0.2, 0.25) is 11.8 Å². The monoisotopic (exact) mass is 1390 g/mol. The van der Waals surface area contributed by atoms with Crippen LogP contribution < -0.4 is 11.1 Å². The van der Waals surface area contributed by atoms with Gasteiger partial charge in [-0.1, -0.05) is 155 Å². The van der Waals surface area contributed by atoms with Crippen LogP contribution in [0.3, 0.4) is 0 Å². The smallest absolute Gasteiger partial charge is 0.336 e. The highest BCUT2D eigenvalue weighted by Crippen LogP contribution is 2.36. The first kappa shape index (κ1) is 44.1. The minimum atomic E-state index is -5.16. The zero-order valence-corrected chi connectivity index (χ0v) is 54.0. The summed E-state index contributed by atoms with van der Waals surface area (Å²) in [5, 5.41) is -0.588. The molecule has 0 bridgehead atoms. The fraction of sp³-hybridized carbons (Fsp3) is 0.378. The predicted octanol–water partition coefficient (Wildman–Crippen LogP) is 15.0. The Hall–Kier alpha value is -7.92. The lowest BCUT2D eigenvalue weighted by Crippen LogP contribution is -2.40. The Labute approximate surface area is 601 Å². The van der Waals surface area contributed by atoms with Crippen molar-refractivity contribution in [3.63, 3.8) is 0 Å². The number of halogens is 8. The molecule has 2 amide bonds. The van der Waals surface area contributed by atoms with Gasteiger partial charge < -0.3 is 28.7 Å². The summed E-state index contributed by atoms with van der Waals surface area (Å²) in [6.45, 7) is -17.1. The minimum Gasteiger partial charge on any atom is -0.336 e. The number of likely N-dealkylation sites (N-methyl/N-ethyl adjacent to an activating group) is 2. The SMILES string of the molecule is [2H]C([2H])(C)N(C([2H])([2H])C)C([2H])([2H])C([2H])([2H])N(Cc1ccc(-c2ccc(C(F)(F)F)cc2)cc1)C(=O)Cn1c(SCc2ccc(F)cc2)nc(=O)c2c1CCC2.[2H]c1cc(-c2c([2H])c([2H])c(C(F)(F)F)c(C)c2[2H])c([2H])c([2H])c1CN(C(=O)Cn1c(SCc2c([2H])c([2H])c(F)c([2H])c2[2H])nc(=O)c2c1C([2H])([2H])C([2H])(C)C2([2H])[2H])C([2H])([2H])C([2H])([2H])N(CC)CC. The Bertz CT molecular complexity index is 5470. The van der Waals surface area contributed by atoms with E-state index in [-0.39, 0.29) is 39.4 Å². The van der Waals surface area contributed by atoms with Crippen molar-refractivity contribution >= 4 is 35.3 Å². The van der Waals surface area contributed by atoms with Crippen LogP contribution >= 0.6 is 23.5 Å². The van der Waals surface area contributed by atoms with Crippen LogP contribution in [0.5, 0.6) is 0 Å². The van der Waals surface area contributed by atoms with Crippen molar-refractivity contribution in [3.05, 3.63) is 233 Å². The Morgan fingerprint density at radius 2 is 1.11 bits per heavy atom. The van der Waals surface area contributed by atoms with E-state index in [1.165, 1.54) is 66.9 Å². The molecular weight excluding hydrogens is 1280 g/mol. The third-order valence-corrected chi connectivity index (χ3v) is 16.8. The number of amides is 2. The normalized spacial score (nSPS) is 20.4. The number of hydrogen-bond acceptors (Lipinski definition) is 10. The van der Waals surface area contributed by atoms with Crippen LogP contribution in [0.4, 0.5) is 35.1 Å². The maximum Gasteiger partial charge on any atom is 0.416 e. The predicted molar refractivity (Wildman–Crippen MR) is 362 cm³/mol. The Morgan fingerprint density at radius 1 is 0.583 bits per heavy atom. The molecule has 2 heterocycles. The molecule has 8 aromatic rings. The number of aromatic nitrogens is 4. The van der Waals surface area contributed by atoms with Crippen molar-refractivity contribution in [2.24, 2.45) is 5.89 Å². The van der Waals surface area contributed by atoms with Gasteiger partial charge in [-0.25, -0.2) is 8.78 Å². The quantitative estimate of drug-likeness (QED) is 0.0295. The Kier molecular flexibility index (Phi) is 15.1. The fourth-order valence-electron chi connectivity index (χ4n) is 9.73. The Balaban J connectivity index is 0.000000285. The molecule has 10 rings (SSSR count). The van der Waals surface area contributed by atoms with E-state index in [1.807, 2.05) is 0 Å². The molecule has 0 saturated heterocycles. The molecule has 0 fully saturated rings. The topological polar surface area (TPSA) is 117 Å². The van der Waals surface area contributed by atoms with Gasteiger partial charge >= 0.3 is 12.4 Å². The summed E-state index contributed by atoms with van der Waals surface area (Å²) in [7, 11) is 0. The number of benzene rings is 6. The standard InChI is InChI=1S/C38H42F4N4O2S.C36H38F4N4O2S/c1-5-44(6-2)17-18-45(22-27-7-11-29(12-8-27)30-13-16-33(26(4)21-30)38(40,41)42)35(47)23-46-34-20-25(3)19-32(34)36(48)43-37(46)49-24-28-9-14-31(39)15-10-28;1-3-42(4-2)20-21-43(22-25-8-12-27(13-9-25)28-14-16-29(17-15-28)36(38,39)40)33(45)23-44-32-7-5-6-31(32)34(46)41-35(44)47-24-26-10-18-30(37)19-11-26/h7-16,21,25H,5-6,17-20,22-24H2,1-4H3;8-19H,3-7,20-24H2,1-2H3/i7D,8D,9D,10D,11D,13D,14D,15D,16D,17D2,18D2,19D2,20D2,21D,25D;3D2,4D2,20D2,21D2. The second kappa shape index (κ2) is 32.9. The first-order valence-electron chi connectivity index (χ1n) is 43.1. The molecule has 508 valence electrons. The molecule has 2 aromatic heterocycles. The zero-order chi connectivity index (χ0) is 92.8. The first-order valence-corrected chi connectivity index (χ1v) is 31.5. The van der Waals surface area contributed by atoms with Gasteiger partial charge in [0.05, 0.1) is 30.3 Å². The number of carbonyl (C=O) groups excluding carboxylic acids is 2. The van der Waals surface area contributed by atoms with Crippen molar-refractivity contribution in [1.29, 1.82) is 0 Å². The first-order chi connectivity index (χ1) is 56.3. The molecule has 12 nitrogen and oxygen atoms in total. The van der Waals surface area contributed by atoms with E-state index in [2.05, 4.69) is 9.97 Å². The van der Waals surface area contributed by atoms with Crippen LogP contribution in [0.25, 0.3) is 22.3 Å². The van der Waals surface area contributed by atoms with E-state index >= 15 is 0 Å². The van der Waals surface area contributed by atoms with Crippen molar-refractivity contribution < 1.29 is 81.7 Å². The number of nitrogens with zero attached hydrogens (tertiary/aromatic N) is 8. The van der Waals surface area contributed by atoms with Gasteiger partial charge in [-0.05, 0) is 163 Å². The minimum absolute atomic E-state index is 0.0869. The van der Waals surface area contributed by atoms with E-state index < -0.39 is 252 Å². The van der Waals surface area contributed by atoms with Crippen LogP contribution in [-0.2, 0) is 85.2 Å². The second-order valence-corrected chi connectivity index (χ2v) is 23.1. The third kappa shape index (κ3) is 19.0. The number of carbonyl (C=O) groups is 2. The second-order valence-electron chi connectivity index (χ2n) is 21.3. The van der Waals surface area contributed by atoms with E-state index in [0.717, 1.165) is 62.6 Å². The summed E-state index contributed by atoms with van der Waals surface area (Å²) < 4.78 is 345. The molecule has 2 aliphatic rings. The van der Waals surface area contributed by atoms with Crippen molar-refractivity contribution in [2.45, 2.75) is 134 Å². The summed E-state index contributed by atoms with van der Waals surface area (Å²) in [6.07, 6.45) is -14.7. The molecule has 22 heteroatoms. The molecule has 1 unspecified atom stereocenters. The van der Waals surface area contributed by atoms with Crippen LogP contribution in [-0.4, -0.2) is 103 Å². The van der Waals surface area contributed by atoms with E-state index in [4.69, 9.17) is 34.3 Å². The maximum atomic E-state index is 15.0. The van der Waals surface area contributed by atoms with Gasteiger partial charge in [0.15, 0.2) is 10.3 Å².